The van der Waals surface area contributed by atoms with Gasteiger partial charge in [0.25, 0.3) is 5.91 Å². The predicted molar refractivity (Wildman–Crippen MR) is 69.9 cm³/mol. The van der Waals surface area contributed by atoms with Gasteiger partial charge in [-0.15, -0.1) is 0 Å². The summed E-state index contributed by atoms with van der Waals surface area (Å²) in [5.74, 6) is 1.60. The molecule has 0 unspecified atom stereocenters. The number of hydrogen-bond donors (Lipinski definition) is 1. The molecule has 0 fully saturated rings. The van der Waals surface area contributed by atoms with Crippen molar-refractivity contribution >= 4 is 5.91 Å². The van der Waals surface area contributed by atoms with Crippen LogP contribution in [0.15, 0.2) is 16.8 Å². The van der Waals surface area contributed by atoms with Crippen LogP contribution in [-0.2, 0) is 19.9 Å². The molecule has 0 aromatic carbocycles. The van der Waals surface area contributed by atoms with Gasteiger partial charge in [0.2, 0.25) is 5.76 Å². The van der Waals surface area contributed by atoms with Crippen molar-refractivity contribution in [2.45, 2.75) is 26.7 Å². The Kier molecular flexibility index (Phi) is 3.99. The number of nitrogens with one attached hydrogen (secondary N) is 1. The smallest absolute Gasteiger partial charge is 0.289 e. The molecule has 0 atom stereocenters. The number of carbonyl (C=O) groups excluding carboxylic acids is 1. The highest BCUT2D eigenvalue weighted by atomic mass is 16.4. The molecule has 102 valence electrons. The molecule has 2 aromatic rings. The van der Waals surface area contributed by atoms with Crippen LogP contribution in [0.2, 0.25) is 0 Å². The molecule has 6 nitrogen and oxygen atoms in total. The van der Waals surface area contributed by atoms with Crippen LogP contribution in [0.1, 0.15) is 34.9 Å². The maximum absolute atomic E-state index is 11.9. The van der Waals surface area contributed by atoms with Gasteiger partial charge < -0.3 is 14.3 Å². The maximum atomic E-state index is 11.9. The summed E-state index contributed by atoms with van der Waals surface area (Å²) in [6.07, 6.45) is 4.99. The van der Waals surface area contributed by atoms with Crippen LogP contribution < -0.4 is 5.32 Å². The second-order valence-electron chi connectivity index (χ2n) is 4.34. The third kappa shape index (κ3) is 3.01. The Balaban J connectivity index is 1.90. The lowest BCUT2D eigenvalue weighted by molar-refractivity contribution is 0.0923. The lowest BCUT2D eigenvalue weighted by atomic mass is 10.3. The van der Waals surface area contributed by atoms with E-state index in [1.54, 1.807) is 13.1 Å². The molecular formula is C13H18N4O2. The number of amides is 1. The van der Waals surface area contributed by atoms with Crippen molar-refractivity contribution in [1.29, 1.82) is 0 Å². The molecular weight excluding hydrogens is 244 g/mol. The fraction of sp³-hybridized carbons (Fsp3) is 0.462. The standard InChI is InChI=1S/C13H18N4O2/c1-4-11-16-9(2)12(19-11)13(18)15-6-5-10-14-7-8-17(10)3/h7-8H,4-6H2,1-3H3,(H,15,18). The van der Waals surface area contributed by atoms with Gasteiger partial charge in [-0.25, -0.2) is 9.97 Å². The quantitative estimate of drug-likeness (QED) is 0.880. The van der Waals surface area contributed by atoms with E-state index in [0.29, 0.717) is 36.7 Å². The first-order chi connectivity index (χ1) is 9.11. The zero-order valence-electron chi connectivity index (χ0n) is 11.4. The molecule has 0 aliphatic carbocycles. The summed E-state index contributed by atoms with van der Waals surface area (Å²) in [6.45, 7) is 4.23. The number of carbonyl (C=O) groups is 1. The summed E-state index contributed by atoms with van der Waals surface area (Å²) < 4.78 is 7.32. The average Bonchev–Trinajstić information content (AvgIpc) is 2.96. The second-order valence-corrected chi connectivity index (χ2v) is 4.34. The first kappa shape index (κ1) is 13.3. The summed E-state index contributed by atoms with van der Waals surface area (Å²) in [5, 5.41) is 2.82. The van der Waals surface area contributed by atoms with Crippen LogP contribution in [0.3, 0.4) is 0 Å². The highest BCUT2D eigenvalue weighted by Gasteiger charge is 2.16. The van der Waals surface area contributed by atoms with E-state index in [-0.39, 0.29) is 5.91 Å². The van der Waals surface area contributed by atoms with Gasteiger partial charge in [-0.05, 0) is 6.92 Å². The average molecular weight is 262 g/mol. The molecule has 1 amide bonds. The van der Waals surface area contributed by atoms with Gasteiger partial charge >= 0.3 is 0 Å². The summed E-state index contributed by atoms with van der Waals surface area (Å²) in [4.78, 5) is 20.3. The van der Waals surface area contributed by atoms with Crippen molar-refractivity contribution < 1.29 is 9.21 Å². The van der Waals surface area contributed by atoms with E-state index in [2.05, 4.69) is 15.3 Å². The normalized spacial score (nSPS) is 10.7. The summed E-state index contributed by atoms with van der Waals surface area (Å²) in [7, 11) is 1.93. The Labute approximate surface area is 111 Å². The first-order valence-electron chi connectivity index (χ1n) is 6.32. The Morgan fingerprint density at radius 2 is 2.32 bits per heavy atom. The lowest BCUT2D eigenvalue weighted by Gasteiger charge is -2.03. The Bertz CT molecular complexity index is 571. The van der Waals surface area contributed by atoms with Crippen molar-refractivity contribution in [3.63, 3.8) is 0 Å². The van der Waals surface area contributed by atoms with E-state index in [1.807, 2.05) is 24.7 Å². The second kappa shape index (κ2) is 5.69. The Morgan fingerprint density at radius 1 is 1.53 bits per heavy atom. The number of hydrogen-bond acceptors (Lipinski definition) is 4. The number of nitrogens with zero attached hydrogens (tertiary/aromatic N) is 3. The molecule has 2 aromatic heterocycles. The van der Waals surface area contributed by atoms with Crippen molar-refractivity contribution in [3.8, 4) is 0 Å². The third-order valence-corrected chi connectivity index (χ3v) is 2.90. The molecule has 2 heterocycles. The third-order valence-electron chi connectivity index (χ3n) is 2.90. The number of aromatic nitrogens is 3. The zero-order chi connectivity index (χ0) is 13.8. The number of imidazole rings is 1. The van der Waals surface area contributed by atoms with Crippen LogP contribution in [0.4, 0.5) is 0 Å². The van der Waals surface area contributed by atoms with Gasteiger partial charge in [-0.2, -0.15) is 0 Å². The molecule has 0 saturated carbocycles. The summed E-state index contributed by atoms with van der Waals surface area (Å²) >= 11 is 0. The fourth-order valence-electron chi connectivity index (χ4n) is 1.82. The highest BCUT2D eigenvalue weighted by molar-refractivity contribution is 5.92. The van der Waals surface area contributed by atoms with Crippen LogP contribution >= 0.6 is 0 Å². The minimum absolute atomic E-state index is 0.223. The van der Waals surface area contributed by atoms with Crippen LogP contribution in [0.5, 0.6) is 0 Å². The van der Waals surface area contributed by atoms with Gasteiger partial charge in [-0.3, -0.25) is 4.79 Å². The highest BCUT2D eigenvalue weighted by Crippen LogP contribution is 2.10. The molecule has 0 radical (unpaired) electrons. The Hall–Kier alpha value is -2.11. The summed E-state index contributed by atoms with van der Waals surface area (Å²) in [6, 6.07) is 0. The van der Waals surface area contributed by atoms with Crippen molar-refractivity contribution in [2.75, 3.05) is 6.54 Å². The van der Waals surface area contributed by atoms with Gasteiger partial charge in [0.05, 0.1) is 5.69 Å². The SMILES string of the molecule is CCc1nc(C)c(C(=O)NCCc2nccn2C)o1. The van der Waals surface area contributed by atoms with Crippen LogP contribution in [0.25, 0.3) is 0 Å². The van der Waals surface area contributed by atoms with Gasteiger partial charge in [-0.1, -0.05) is 6.92 Å². The van der Waals surface area contributed by atoms with Crippen molar-refractivity contribution in [2.24, 2.45) is 7.05 Å². The van der Waals surface area contributed by atoms with Gasteiger partial charge in [0.15, 0.2) is 5.89 Å². The van der Waals surface area contributed by atoms with Gasteiger partial charge in [0.1, 0.15) is 5.82 Å². The van der Waals surface area contributed by atoms with E-state index in [0.717, 1.165) is 5.82 Å². The van der Waals surface area contributed by atoms with E-state index in [9.17, 15) is 4.79 Å². The van der Waals surface area contributed by atoms with Crippen molar-refractivity contribution in [1.82, 2.24) is 19.9 Å². The monoisotopic (exact) mass is 262 g/mol. The maximum Gasteiger partial charge on any atom is 0.289 e. The topological polar surface area (TPSA) is 73.0 Å². The molecule has 1 N–H and O–H groups in total. The number of aryl methyl sites for hydroxylation is 3. The fourth-order valence-corrected chi connectivity index (χ4v) is 1.82. The molecule has 2 rings (SSSR count). The summed E-state index contributed by atoms with van der Waals surface area (Å²) in [5.41, 5.74) is 0.631. The minimum atomic E-state index is -0.223. The van der Waals surface area contributed by atoms with E-state index < -0.39 is 0 Å². The largest absolute Gasteiger partial charge is 0.435 e. The molecule has 0 bridgehead atoms. The zero-order valence-corrected chi connectivity index (χ0v) is 11.4. The number of rotatable bonds is 5. The van der Waals surface area contributed by atoms with E-state index in [4.69, 9.17) is 4.42 Å². The first-order valence-corrected chi connectivity index (χ1v) is 6.32. The molecule has 0 saturated heterocycles. The number of oxazole rings is 1. The molecule has 0 spiro atoms. The lowest BCUT2D eigenvalue weighted by Crippen LogP contribution is -2.26. The Morgan fingerprint density at radius 3 is 2.89 bits per heavy atom. The molecule has 0 aliphatic heterocycles. The van der Waals surface area contributed by atoms with E-state index in [1.165, 1.54) is 0 Å². The molecule has 0 aliphatic rings. The van der Waals surface area contributed by atoms with Crippen LogP contribution in [-0.4, -0.2) is 27.0 Å². The van der Waals surface area contributed by atoms with Crippen molar-refractivity contribution in [3.05, 3.63) is 35.6 Å². The van der Waals surface area contributed by atoms with Crippen LogP contribution in [0, 0.1) is 6.92 Å². The van der Waals surface area contributed by atoms with Gasteiger partial charge in [0, 0.05) is 38.8 Å². The predicted octanol–water partition coefficient (Wildman–Crippen LogP) is 1.25. The minimum Gasteiger partial charge on any atom is -0.435 e. The molecule has 6 heteroatoms. The van der Waals surface area contributed by atoms with E-state index >= 15 is 0 Å². The molecule has 19 heavy (non-hydrogen) atoms.